The van der Waals surface area contributed by atoms with E-state index in [0.29, 0.717) is 10.6 Å². The molecule has 1 saturated heterocycles. The second-order valence-electron chi connectivity index (χ2n) is 3.02. The molecule has 1 aliphatic rings. The normalized spacial score (nSPS) is 19.6. The lowest BCUT2D eigenvalue weighted by Crippen LogP contribution is -2.46. The van der Waals surface area contributed by atoms with E-state index in [2.05, 4.69) is 4.98 Å². The molecule has 0 spiro atoms. The van der Waals surface area contributed by atoms with E-state index in [-0.39, 0.29) is 18.4 Å². The number of hydrogen-bond acceptors (Lipinski definition) is 3. The molecule has 0 atom stereocenters. The Kier molecular flexibility index (Phi) is 2.20. The molecular weight excluding hydrogens is 213 g/mol. The molecule has 2 rings (SSSR count). The fourth-order valence-corrected chi connectivity index (χ4v) is 1.64. The van der Waals surface area contributed by atoms with E-state index in [9.17, 15) is 5.11 Å². The van der Waals surface area contributed by atoms with Crippen LogP contribution in [0, 0.1) is 0 Å². The van der Waals surface area contributed by atoms with Crippen LogP contribution in [-0.2, 0) is 10.3 Å². The van der Waals surface area contributed by atoms with E-state index in [4.69, 9.17) is 27.9 Å². The molecule has 0 aromatic carbocycles. The maximum atomic E-state index is 9.88. The highest BCUT2D eigenvalue weighted by atomic mass is 35.5. The molecule has 1 fully saturated rings. The van der Waals surface area contributed by atoms with Gasteiger partial charge in [0.05, 0.1) is 18.2 Å². The molecule has 1 aromatic heterocycles. The van der Waals surface area contributed by atoms with Crippen molar-refractivity contribution in [2.75, 3.05) is 13.2 Å². The second kappa shape index (κ2) is 3.10. The fourth-order valence-electron chi connectivity index (χ4n) is 1.20. The van der Waals surface area contributed by atoms with Gasteiger partial charge in [0.1, 0.15) is 10.8 Å². The molecule has 0 bridgehead atoms. The van der Waals surface area contributed by atoms with Crippen LogP contribution in [0.25, 0.3) is 0 Å². The van der Waals surface area contributed by atoms with Crippen molar-refractivity contribution < 1.29 is 9.84 Å². The summed E-state index contributed by atoms with van der Waals surface area (Å²) in [5, 5.41) is 10.6. The zero-order valence-corrected chi connectivity index (χ0v) is 8.14. The van der Waals surface area contributed by atoms with Crippen LogP contribution in [-0.4, -0.2) is 23.3 Å². The van der Waals surface area contributed by atoms with E-state index < -0.39 is 5.60 Å². The third kappa shape index (κ3) is 1.53. The Morgan fingerprint density at radius 1 is 1.46 bits per heavy atom. The summed E-state index contributed by atoms with van der Waals surface area (Å²) in [4.78, 5) is 3.84. The first-order valence-electron chi connectivity index (χ1n) is 3.73. The summed E-state index contributed by atoms with van der Waals surface area (Å²) in [6.07, 6.45) is 1.44. The van der Waals surface area contributed by atoms with Crippen LogP contribution in [0.3, 0.4) is 0 Å². The molecular formula is C8H7Cl2NO2. The number of aromatic nitrogens is 1. The smallest absolute Gasteiger partial charge is 0.139 e. The molecule has 1 aliphatic heterocycles. The molecule has 1 aromatic rings. The van der Waals surface area contributed by atoms with Crippen LogP contribution in [0.1, 0.15) is 5.56 Å². The van der Waals surface area contributed by atoms with E-state index >= 15 is 0 Å². The highest BCUT2D eigenvalue weighted by Gasteiger charge is 2.40. The summed E-state index contributed by atoms with van der Waals surface area (Å²) < 4.78 is 4.91. The van der Waals surface area contributed by atoms with Gasteiger partial charge in [0.25, 0.3) is 0 Å². The highest BCUT2D eigenvalue weighted by molar-refractivity contribution is 6.32. The molecule has 0 amide bonds. The lowest BCUT2D eigenvalue weighted by Gasteiger charge is -2.36. The first kappa shape index (κ1) is 9.21. The first-order chi connectivity index (χ1) is 6.12. The Hall–Kier alpha value is -0.350. The molecule has 13 heavy (non-hydrogen) atoms. The van der Waals surface area contributed by atoms with Gasteiger partial charge in [-0.2, -0.15) is 0 Å². The molecule has 3 nitrogen and oxygen atoms in total. The Morgan fingerprint density at radius 2 is 2.15 bits per heavy atom. The van der Waals surface area contributed by atoms with Crippen molar-refractivity contribution in [2.24, 2.45) is 0 Å². The fraction of sp³-hybridized carbons (Fsp3) is 0.375. The Bertz CT molecular complexity index is 339. The summed E-state index contributed by atoms with van der Waals surface area (Å²) in [5.74, 6) is 0. The van der Waals surface area contributed by atoms with Crippen LogP contribution in [0.2, 0.25) is 10.2 Å². The molecule has 5 heteroatoms. The monoisotopic (exact) mass is 219 g/mol. The molecule has 70 valence electrons. The molecule has 2 heterocycles. The van der Waals surface area contributed by atoms with Crippen molar-refractivity contribution in [1.82, 2.24) is 4.98 Å². The van der Waals surface area contributed by atoms with Gasteiger partial charge in [-0.1, -0.05) is 23.2 Å². The van der Waals surface area contributed by atoms with Gasteiger partial charge in [-0.3, -0.25) is 0 Å². The van der Waals surface area contributed by atoms with Crippen molar-refractivity contribution in [2.45, 2.75) is 5.60 Å². The van der Waals surface area contributed by atoms with Gasteiger partial charge in [0, 0.05) is 11.8 Å². The SMILES string of the molecule is OC1(c2cc(Cl)cnc2Cl)COC1. The quantitative estimate of drug-likeness (QED) is 0.731. The minimum absolute atomic E-state index is 0.245. The number of hydrogen-bond donors (Lipinski definition) is 1. The number of pyridine rings is 1. The Labute approximate surface area is 85.3 Å². The van der Waals surface area contributed by atoms with Gasteiger partial charge in [-0.25, -0.2) is 4.98 Å². The average molecular weight is 220 g/mol. The number of rotatable bonds is 1. The second-order valence-corrected chi connectivity index (χ2v) is 3.81. The van der Waals surface area contributed by atoms with Crippen LogP contribution < -0.4 is 0 Å². The minimum atomic E-state index is -1.00. The van der Waals surface area contributed by atoms with Gasteiger partial charge in [0.2, 0.25) is 0 Å². The lowest BCUT2D eigenvalue weighted by atomic mass is 9.94. The van der Waals surface area contributed by atoms with Crippen LogP contribution >= 0.6 is 23.2 Å². The zero-order valence-electron chi connectivity index (χ0n) is 6.63. The molecule has 0 unspecified atom stereocenters. The van der Waals surface area contributed by atoms with Crippen molar-refractivity contribution >= 4 is 23.2 Å². The topological polar surface area (TPSA) is 42.4 Å². The highest BCUT2D eigenvalue weighted by Crippen LogP contribution is 2.34. The minimum Gasteiger partial charge on any atom is -0.380 e. The van der Waals surface area contributed by atoms with Gasteiger partial charge in [-0.15, -0.1) is 0 Å². The van der Waals surface area contributed by atoms with Crippen molar-refractivity contribution in [3.8, 4) is 0 Å². The third-order valence-electron chi connectivity index (χ3n) is 1.99. The van der Waals surface area contributed by atoms with Crippen LogP contribution in [0.5, 0.6) is 0 Å². The zero-order chi connectivity index (χ0) is 9.47. The summed E-state index contributed by atoms with van der Waals surface area (Å²) in [6, 6.07) is 1.61. The lowest BCUT2D eigenvalue weighted by molar-refractivity contribution is -0.184. The maximum absolute atomic E-state index is 9.88. The van der Waals surface area contributed by atoms with Crippen molar-refractivity contribution in [3.05, 3.63) is 28.0 Å². The molecule has 0 saturated carbocycles. The molecule has 0 radical (unpaired) electrons. The number of nitrogens with zero attached hydrogens (tertiary/aromatic N) is 1. The van der Waals surface area contributed by atoms with E-state index in [1.807, 2.05) is 0 Å². The van der Waals surface area contributed by atoms with Crippen molar-refractivity contribution in [1.29, 1.82) is 0 Å². The number of ether oxygens (including phenoxy) is 1. The van der Waals surface area contributed by atoms with E-state index in [0.717, 1.165) is 0 Å². The largest absolute Gasteiger partial charge is 0.380 e. The molecule has 1 N–H and O–H groups in total. The van der Waals surface area contributed by atoms with Crippen LogP contribution in [0.15, 0.2) is 12.3 Å². The standard InChI is InChI=1S/C8H7Cl2NO2/c9-5-1-6(7(10)11-2-5)8(12)3-13-4-8/h1-2,12H,3-4H2. The average Bonchev–Trinajstić information content (AvgIpc) is 2.05. The third-order valence-corrected chi connectivity index (χ3v) is 2.50. The Balaban J connectivity index is 2.43. The van der Waals surface area contributed by atoms with Gasteiger partial charge >= 0.3 is 0 Å². The summed E-state index contributed by atoms with van der Waals surface area (Å²) in [6.45, 7) is 0.490. The van der Waals surface area contributed by atoms with E-state index in [1.54, 1.807) is 6.07 Å². The predicted octanol–water partition coefficient (Wildman–Crippen LogP) is 1.61. The van der Waals surface area contributed by atoms with Crippen LogP contribution in [0.4, 0.5) is 0 Å². The predicted molar refractivity (Wildman–Crippen MR) is 49.0 cm³/mol. The summed E-state index contributed by atoms with van der Waals surface area (Å²) >= 11 is 11.5. The van der Waals surface area contributed by atoms with E-state index in [1.165, 1.54) is 6.20 Å². The number of halogens is 2. The molecule has 0 aliphatic carbocycles. The summed E-state index contributed by atoms with van der Waals surface area (Å²) in [5.41, 5.74) is -0.470. The maximum Gasteiger partial charge on any atom is 0.139 e. The number of aliphatic hydroxyl groups is 1. The van der Waals surface area contributed by atoms with Gasteiger partial charge in [-0.05, 0) is 6.07 Å². The first-order valence-corrected chi connectivity index (χ1v) is 4.49. The van der Waals surface area contributed by atoms with Crippen molar-refractivity contribution in [3.63, 3.8) is 0 Å². The van der Waals surface area contributed by atoms with Gasteiger partial charge < -0.3 is 9.84 Å². The van der Waals surface area contributed by atoms with Gasteiger partial charge in [0.15, 0.2) is 0 Å². The summed E-state index contributed by atoms with van der Waals surface area (Å²) in [7, 11) is 0. The Morgan fingerprint density at radius 3 is 2.69 bits per heavy atom.